The topological polar surface area (TPSA) is 29.5 Å². The minimum absolute atomic E-state index is 0.242. The number of hydrogen-bond acceptors (Lipinski definition) is 4. The summed E-state index contributed by atoms with van der Waals surface area (Å²) in [4.78, 5) is 16.8. The molecule has 0 spiro atoms. The zero-order chi connectivity index (χ0) is 13.1. The van der Waals surface area contributed by atoms with Crippen LogP contribution in [-0.2, 0) is 4.74 Å². The molecule has 1 saturated heterocycles. The Balaban J connectivity index is 1.96. The van der Waals surface area contributed by atoms with Gasteiger partial charge < -0.3 is 4.74 Å². The van der Waals surface area contributed by atoms with Gasteiger partial charge in [0.2, 0.25) is 0 Å². The summed E-state index contributed by atoms with van der Waals surface area (Å²) in [6.07, 6.45) is 2.07. The molecular formula is C14H21NO2S. The lowest BCUT2D eigenvalue weighted by atomic mass is 10.1. The molecule has 0 atom stereocenters. The molecule has 0 aliphatic carbocycles. The van der Waals surface area contributed by atoms with Crippen LogP contribution in [-0.4, -0.2) is 43.5 Å². The van der Waals surface area contributed by atoms with Gasteiger partial charge in [-0.25, -0.2) is 0 Å². The van der Waals surface area contributed by atoms with Crippen molar-refractivity contribution in [3.63, 3.8) is 0 Å². The van der Waals surface area contributed by atoms with Crippen LogP contribution in [0.1, 0.15) is 33.0 Å². The van der Waals surface area contributed by atoms with E-state index >= 15 is 0 Å². The third kappa shape index (κ3) is 3.19. The van der Waals surface area contributed by atoms with Gasteiger partial charge in [0.15, 0.2) is 5.78 Å². The lowest BCUT2D eigenvalue weighted by Crippen LogP contribution is -2.39. The molecule has 4 heteroatoms. The van der Waals surface area contributed by atoms with Gasteiger partial charge in [-0.05, 0) is 39.8 Å². The first-order valence-corrected chi connectivity index (χ1v) is 7.28. The molecule has 0 radical (unpaired) electrons. The van der Waals surface area contributed by atoms with E-state index in [0.717, 1.165) is 36.5 Å². The van der Waals surface area contributed by atoms with E-state index in [-0.39, 0.29) is 5.78 Å². The zero-order valence-corrected chi connectivity index (χ0v) is 12.2. The number of ether oxygens (including phenoxy) is 1. The molecule has 1 fully saturated rings. The van der Waals surface area contributed by atoms with E-state index in [0.29, 0.717) is 12.6 Å². The van der Waals surface area contributed by atoms with Crippen LogP contribution >= 0.6 is 11.3 Å². The Morgan fingerprint density at radius 2 is 2.11 bits per heavy atom. The summed E-state index contributed by atoms with van der Waals surface area (Å²) in [5.41, 5.74) is 0.899. The monoisotopic (exact) mass is 267 g/mol. The van der Waals surface area contributed by atoms with Gasteiger partial charge in [-0.2, -0.15) is 0 Å². The van der Waals surface area contributed by atoms with E-state index in [1.165, 1.54) is 4.88 Å². The SMILES string of the molecule is Cc1cc(C(=O)CN(C)C2CCOCC2)c(C)s1. The normalized spacial score (nSPS) is 17.3. The highest BCUT2D eigenvalue weighted by Crippen LogP contribution is 2.22. The molecule has 100 valence electrons. The molecule has 0 N–H and O–H groups in total. The second kappa shape index (κ2) is 5.95. The third-order valence-electron chi connectivity index (χ3n) is 3.55. The number of Topliss-reactive ketones (excluding diaryl/α,β-unsaturated/α-hetero) is 1. The van der Waals surface area contributed by atoms with E-state index < -0.39 is 0 Å². The van der Waals surface area contributed by atoms with E-state index in [4.69, 9.17) is 4.74 Å². The summed E-state index contributed by atoms with van der Waals surface area (Å²) in [5, 5.41) is 0. The number of nitrogens with zero attached hydrogens (tertiary/aromatic N) is 1. The average Bonchev–Trinajstić information content (AvgIpc) is 2.69. The summed E-state index contributed by atoms with van der Waals surface area (Å²) < 4.78 is 5.35. The highest BCUT2D eigenvalue weighted by molar-refractivity contribution is 7.12. The first-order chi connectivity index (χ1) is 8.58. The van der Waals surface area contributed by atoms with Crippen molar-refractivity contribution in [3.05, 3.63) is 21.4 Å². The highest BCUT2D eigenvalue weighted by Gasteiger charge is 2.21. The van der Waals surface area contributed by atoms with Crippen LogP contribution in [0.15, 0.2) is 6.07 Å². The average molecular weight is 267 g/mol. The van der Waals surface area contributed by atoms with Crippen LogP contribution in [0.2, 0.25) is 0 Å². The Hall–Kier alpha value is -0.710. The van der Waals surface area contributed by atoms with Crippen LogP contribution < -0.4 is 0 Å². The van der Waals surface area contributed by atoms with Gasteiger partial charge in [0.1, 0.15) is 0 Å². The van der Waals surface area contributed by atoms with E-state index in [2.05, 4.69) is 11.8 Å². The van der Waals surface area contributed by atoms with Crippen molar-refractivity contribution in [3.8, 4) is 0 Å². The lowest BCUT2D eigenvalue weighted by molar-refractivity contribution is 0.0418. The smallest absolute Gasteiger partial charge is 0.177 e. The number of carbonyl (C=O) groups excluding carboxylic acids is 1. The van der Waals surface area contributed by atoms with Crippen molar-refractivity contribution in [1.29, 1.82) is 0 Å². The molecule has 18 heavy (non-hydrogen) atoms. The Morgan fingerprint density at radius 3 is 2.67 bits per heavy atom. The van der Waals surface area contributed by atoms with E-state index in [9.17, 15) is 4.79 Å². The second-order valence-corrected chi connectivity index (χ2v) is 6.47. The van der Waals surface area contributed by atoms with Crippen molar-refractivity contribution >= 4 is 17.1 Å². The van der Waals surface area contributed by atoms with Crippen molar-refractivity contribution < 1.29 is 9.53 Å². The quantitative estimate of drug-likeness (QED) is 0.786. The summed E-state index contributed by atoms with van der Waals surface area (Å²) >= 11 is 1.70. The van der Waals surface area contributed by atoms with Crippen molar-refractivity contribution in [2.24, 2.45) is 0 Å². The van der Waals surface area contributed by atoms with Crippen molar-refractivity contribution in [1.82, 2.24) is 4.90 Å². The number of thiophene rings is 1. The molecule has 0 bridgehead atoms. The van der Waals surface area contributed by atoms with Crippen LogP contribution in [0.5, 0.6) is 0 Å². The first kappa shape index (κ1) is 13.7. The summed E-state index contributed by atoms with van der Waals surface area (Å²) in [5.74, 6) is 0.242. The summed E-state index contributed by atoms with van der Waals surface area (Å²) in [6.45, 7) is 6.23. The van der Waals surface area contributed by atoms with Crippen LogP contribution in [0.3, 0.4) is 0 Å². The van der Waals surface area contributed by atoms with Crippen LogP contribution in [0.25, 0.3) is 0 Å². The minimum atomic E-state index is 0.242. The second-order valence-electron chi connectivity index (χ2n) is 5.01. The van der Waals surface area contributed by atoms with Gasteiger partial charge in [-0.1, -0.05) is 0 Å². The van der Waals surface area contributed by atoms with Gasteiger partial charge in [0.25, 0.3) is 0 Å². The Kier molecular flexibility index (Phi) is 4.54. The summed E-state index contributed by atoms with van der Waals surface area (Å²) in [6, 6.07) is 2.50. The van der Waals surface area contributed by atoms with Crippen molar-refractivity contribution in [2.75, 3.05) is 26.8 Å². The fourth-order valence-corrected chi connectivity index (χ4v) is 3.42. The molecule has 3 nitrogen and oxygen atoms in total. The molecule has 1 aromatic rings. The molecule has 2 rings (SSSR count). The maximum atomic E-state index is 12.3. The molecule has 0 unspecified atom stereocenters. The predicted octanol–water partition coefficient (Wildman–Crippen LogP) is 2.66. The fraction of sp³-hybridized carbons (Fsp3) is 0.643. The lowest BCUT2D eigenvalue weighted by Gasteiger charge is -2.30. The maximum Gasteiger partial charge on any atom is 0.177 e. The Bertz CT molecular complexity index is 421. The maximum absolute atomic E-state index is 12.3. The molecule has 1 aliphatic heterocycles. The van der Waals surface area contributed by atoms with Gasteiger partial charge in [-0.15, -0.1) is 11.3 Å². The molecule has 1 aliphatic rings. The Labute approximate surface area is 113 Å². The van der Waals surface area contributed by atoms with Gasteiger partial charge in [0, 0.05) is 34.6 Å². The van der Waals surface area contributed by atoms with Gasteiger partial charge in [0.05, 0.1) is 6.54 Å². The van der Waals surface area contributed by atoms with Crippen LogP contribution in [0.4, 0.5) is 0 Å². The minimum Gasteiger partial charge on any atom is -0.381 e. The van der Waals surface area contributed by atoms with E-state index in [1.54, 1.807) is 11.3 Å². The largest absolute Gasteiger partial charge is 0.381 e. The standard InChI is InChI=1S/C14H21NO2S/c1-10-8-13(11(2)18-10)14(16)9-15(3)12-4-6-17-7-5-12/h8,12H,4-7,9H2,1-3H3. The molecule has 1 aromatic heterocycles. The Morgan fingerprint density at radius 1 is 1.44 bits per heavy atom. The number of likely N-dealkylation sites (N-methyl/N-ethyl adjacent to an activating group) is 1. The number of carbonyl (C=O) groups is 1. The molecule has 2 heterocycles. The molecule has 0 saturated carbocycles. The van der Waals surface area contributed by atoms with Gasteiger partial charge in [-0.3, -0.25) is 9.69 Å². The van der Waals surface area contributed by atoms with Crippen molar-refractivity contribution in [2.45, 2.75) is 32.7 Å². The zero-order valence-electron chi connectivity index (χ0n) is 11.4. The number of aryl methyl sites for hydroxylation is 2. The summed E-state index contributed by atoms with van der Waals surface area (Å²) in [7, 11) is 2.04. The highest BCUT2D eigenvalue weighted by atomic mass is 32.1. The number of rotatable bonds is 4. The molecule has 0 amide bonds. The van der Waals surface area contributed by atoms with E-state index in [1.807, 2.05) is 20.0 Å². The predicted molar refractivity (Wildman–Crippen MR) is 74.6 cm³/mol. The number of ketones is 1. The number of hydrogen-bond donors (Lipinski definition) is 0. The third-order valence-corrected chi connectivity index (χ3v) is 4.51. The molecular weight excluding hydrogens is 246 g/mol. The molecule has 0 aromatic carbocycles. The van der Waals surface area contributed by atoms with Crippen LogP contribution in [0, 0.1) is 13.8 Å². The fourth-order valence-electron chi connectivity index (χ4n) is 2.47. The first-order valence-electron chi connectivity index (χ1n) is 6.46. The van der Waals surface area contributed by atoms with Gasteiger partial charge >= 0.3 is 0 Å².